The highest BCUT2D eigenvalue weighted by Gasteiger charge is 2.37. The molecule has 0 bridgehead atoms. The van der Waals surface area contributed by atoms with E-state index >= 15 is 0 Å². The molecule has 0 aliphatic heterocycles. The maximum absolute atomic E-state index is 13.7. The monoisotopic (exact) mass is 517 g/mol. The molecule has 37 heavy (non-hydrogen) atoms. The number of hydrogen-bond donors (Lipinski definition) is 3. The second-order valence-electron chi connectivity index (χ2n) is 9.38. The topological polar surface area (TPSA) is 181 Å². The van der Waals surface area contributed by atoms with Gasteiger partial charge in [-0.3, -0.25) is 19.2 Å². The number of ether oxygens (including phenoxy) is 2. The molecular weight excluding hydrogens is 482 g/mol. The van der Waals surface area contributed by atoms with E-state index in [-0.39, 0.29) is 12.8 Å². The Morgan fingerprint density at radius 1 is 1.16 bits per heavy atom. The Morgan fingerprint density at radius 3 is 2.35 bits per heavy atom. The number of benzene rings is 1. The van der Waals surface area contributed by atoms with E-state index in [0.29, 0.717) is 11.1 Å². The lowest BCUT2D eigenvalue weighted by Gasteiger charge is -2.33. The quantitative estimate of drug-likeness (QED) is 0.288. The minimum atomic E-state index is -1.34. The van der Waals surface area contributed by atoms with Crippen LogP contribution in [0.4, 0.5) is 4.79 Å². The number of hydrogen-bond acceptors (Lipinski definition) is 8. The molecule has 0 fully saturated rings. The van der Waals surface area contributed by atoms with Crippen molar-refractivity contribution in [1.29, 1.82) is 5.26 Å². The second-order valence-corrected chi connectivity index (χ2v) is 9.38. The Hall–Kier alpha value is -4.14. The van der Waals surface area contributed by atoms with Gasteiger partial charge in [-0.2, -0.15) is 5.26 Å². The van der Waals surface area contributed by atoms with E-state index in [0.717, 1.165) is 17.6 Å². The summed E-state index contributed by atoms with van der Waals surface area (Å²) in [6, 6.07) is 4.46. The van der Waals surface area contributed by atoms with Crippen molar-refractivity contribution in [2.45, 2.75) is 65.1 Å². The highest BCUT2D eigenvalue weighted by Crippen LogP contribution is 2.27. The van der Waals surface area contributed by atoms with Crippen LogP contribution < -0.4 is 16.4 Å². The third-order valence-corrected chi connectivity index (χ3v) is 5.12. The minimum absolute atomic E-state index is 0.196. The molecule has 0 saturated heterocycles. The lowest BCUT2D eigenvalue weighted by molar-refractivity contribution is -0.144. The number of primary amides is 1. The standard InChI is InChI=1S/C25H35N5O7/c1-15-7-8-16(2)17(13-15)21(22(33)28-14-20(32)36-6)30(12-11-26)23(34)18(9-10-19(27)31)29-24(35)37-25(3,4)5/h7-8,13,18,21H,9-10,12,14H2,1-6H3,(H2,27,31)(H,28,33)(H,29,35). The fourth-order valence-electron chi connectivity index (χ4n) is 3.40. The van der Waals surface area contributed by atoms with E-state index in [4.69, 9.17) is 10.5 Å². The lowest BCUT2D eigenvalue weighted by Crippen LogP contribution is -2.53. The Morgan fingerprint density at radius 2 is 1.81 bits per heavy atom. The van der Waals surface area contributed by atoms with E-state index < -0.39 is 60.6 Å². The average Bonchev–Trinajstić information content (AvgIpc) is 2.80. The third kappa shape index (κ3) is 10.2. The highest BCUT2D eigenvalue weighted by molar-refractivity contribution is 5.93. The zero-order chi connectivity index (χ0) is 28.3. The van der Waals surface area contributed by atoms with Crippen LogP contribution in [0.15, 0.2) is 18.2 Å². The van der Waals surface area contributed by atoms with Gasteiger partial charge in [0.25, 0.3) is 0 Å². The van der Waals surface area contributed by atoms with Crippen LogP contribution in [0.1, 0.15) is 56.3 Å². The number of nitrogens with zero attached hydrogens (tertiary/aromatic N) is 2. The smallest absolute Gasteiger partial charge is 0.408 e. The molecule has 1 aromatic rings. The van der Waals surface area contributed by atoms with Gasteiger partial charge in [0.05, 0.1) is 13.2 Å². The Balaban J connectivity index is 3.53. The van der Waals surface area contributed by atoms with Crippen LogP contribution in [0.25, 0.3) is 0 Å². The fourth-order valence-corrected chi connectivity index (χ4v) is 3.40. The predicted octanol–water partition coefficient (Wildman–Crippen LogP) is 1.14. The number of methoxy groups -OCH3 is 1. The van der Waals surface area contributed by atoms with Gasteiger partial charge in [-0.25, -0.2) is 4.79 Å². The van der Waals surface area contributed by atoms with Gasteiger partial charge in [-0.1, -0.05) is 23.8 Å². The maximum atomic E-state index is 13.7. The zero-order valence-electron chi connectivity index (χ0n) is 22.0. The molecule has 0 aromatic heterocycles. The van der Waals surface area contributed by atoms with Crippen LogP contribution in [-0.4, -0.2) is 66.5 Å². The van der Waals surface area contributed by atoms with Crippen molar-refractivity contribution in [1.82, 2.24) is 15.5 Å². The summed E-state index contributed by atoms with van der Waals surface area (Å²) in [5, 5.41) is 14.4. The van der Waals surface area contributed by atoms with E-state index in [1.165, 1.54) is 0 Å². The van der Waals surface area contributed by atoms with Gasteiger partial charge in [-0.15, -0.1) is 0 Å². The van der Waals surface area contributed by atoms with E-state index in [9.17, 15) is 29.2 Å². The molecule has 0 radical (unpaired) electrons. The molecule has 1 aromatic carbocycles. The van der Waals surface area contributed by atoms with Crippen molar-refractivity contribution in [3.63, 3.8) is 0 Å². The van der Waals surface area contributed by atoms with Crippen molar-refractivity contribution < 1.29 is 33.4 Å². The van der Waals surface area contributed by atoms with Gasteiger partial charge >= 0.3 is 12.1 Å². The number of carbonyl (C=O) groups excluding carboxylic acids is 5. The summed E-state index contributed by atoms with van der Waals surface area (Å²) in [4.78, 5) is 63.6. The number of amides is 4. The van der Waals surface area contributed by atoms with Gasteiger partial charge in [0.1, 0.15) is 30.8 Å². The molecule has 1 rings (SSSR count). The maximum Gasteiger partial charge on any atom is 0.408 e. The molecule has 202 valence electrons. The molecule has 0 saturated carbocycles. The van der Waals surface area contributed by atoms with Gasteiger partial charge in [-0.05, 0) is 52.2 Å². The molecule has 0 aliphatic carbocycles. The van der Waals surface area contributed by atoms with Gasteiger partial charge in [0, 0.05) is 6.42 Å². The van der Waals surface area contributed by atoms with Crippen LogP contribution in [0.5, 0.6) is 0 Å². The third-order valence-electron chi connectivity index (χ3n) is 5.12. The summed E-state index contributed by atoms with van der Waals surface area (Å²) in [5.41, 5.74) is 6.23. The average molecular weight is 518 g/mol. The number of nitrogens with two attached hydrogens (primary N) is 1. The summed E-state index contributed by atoms with van der Waals surface area (Å²) in [6.45, 7) is 7.43. The number of carbonyl (C=O) groups is 5. The molecule has 12 heteroatoms. The largest absolute Gasteiger partial charge is 0.468 e. The first kappa shape index (κ1) is 30.9. The molecule has 4 amide bonds. The van der Waals surface area contributed by atoms with Crippen LogP contribution in [0.2, 0.25) is 0 Å². The summed E-state index contributed by atoms with van der Waals surface area (Å²) >= 11 is 0. The lowest BCUT2D eigenvalue weighted by atomic mass is 9.96. The van der Waals surface area contributed by atoms with Crippen molar-refractivity contribution in [3.8, 4) is 6.07 Å². The minimum Gasteiger partial charge on any atom is -0.468 e. The summed E-state index contributed by atoms with van der Waals surface area (Å²) < 4.78 is 9.81. The number of nitrogens with one attached hydrogen (secondary N) is 2. The SMILES string of the molecule is COC(=O)CNC(=O)C(c1cc(C)ccc1C)N(CC#N)C(=O)C(CCC(N)=O)NC(=O)OC(C)(C)C. The molecule has 2 atom stereocenters. The van der Waals surface area contributed by atoms with Gasteiger partial charge < -0.3 is 30.7 Å². The van der Waals surface area contributed by atoms with Crippen molar-refractivity contribution in [2.75, 3.05) is 20.2 Å². The van der Waals surface area contributed by atoms with Crippen LogP contribution in [0.3, 0.4) is 0 Å². The van der Waals surface area contributed by atoms with Crippen LogP contribution in [-0.2, 0) is 28.7 Å². The molecule has 0 heterocycles. The molecule has 4 N–H and O–H groups in total. The van der Waals surface area contributed by atoms with Gasteiger partial charge in [0.2, 0.25) is 17.7 Å². The van der Waals surface area contributed by atoms with E-state index in [1.807, 2.05) is 12.1 Å². The number of alkyl carbamates (subject to hydrolysis) is 1. The Bertz CT molecular complexity index is 1060. The molecular formula is C25H35N5O7. The summed E-state index contributed by atoms with van der Waals surface area (Å²) in [7, 11) is 1.16. The van der Waals surface area contributed by atoms with Crippen molar-refractivity contribution in [3.05, 3.63) is 34.9 Å². The first-order valence-corrected chi connectivity index (χ1v) is 11.6. The molecule has 0 aliphatic rings. The molecule has 12 nitrogen and oxygen atoms in total. The second kappa shape index (κ2) is 13.8. The number of rotatable bonds is 11. The summed E-state index contributed by atoms with van der Waals surface area (Å²) in [6.07, 6.45) is -1.38. The predicted molar refractivity (Wildman–Crippen MR) is 133 cm³/mol. The van der Waals surface area contributed by atoms with Crippen molar-refractivity contribution >= 4 is 29.8 Å². The normalized spacial score (nSPS) is 12.4. The van der Waals surface area contributed by atoms with Crippen LogP contribution >= 0.6 is 0 Å². The number of aryl methyl sites for hydroxylation is 2. The Kier molecular flexibility index (Phi) is 11.5. The first-order valence-electron chi connectivity index (χ1n) is 11.6. The van der Waals surface area contributed by atoms with Crippen molar-refractivity contribution in [2.24, 2.45) is 5.73 Å². The van der Waals surface area contributed by atoms with Gasteiger partial charge in [0.15, 0.2) is 0 Å². The van der Waals surface area contributed by atoms with E-state index in [1.54, 1.807) is 46.8 Å². The Labute approximate surface area is 216 Å². The molecule has 2 unspecified atom stereocenters. The number of nitriles is 1. The number of esters is 1. The summed E-state index contributed by atoms with van der Waals surface area (Å²) in [5.74, 6) is -2.98. The molecule has 0 spiro atoms. The zero-order valence-corrected chi connectivity index (χ0v) is 22.0. The fraction of sp³-hybridized carbons (Fsp3) is 0.520. The van der Waals surface area contributed by atoms with E-state index in [2.05, 4.69) is 15.4 Å². The first-order chi connectivity index (χ1) is 17.2. The van der Waals surface area contributed by atoms with Crippen LogP contribution in [0, 0.1) is 25.2 Å². The highest BCUT2D eigenvalue weighted by atomic mass is 16.6.